The van der Waals surface area contributed by atoms with E-state index in [0.29, 0.717) is 18.9 Å². The van der Waals surface area contributed by atoms with Gasteiger partial charge in [-0.05, 0) is 41.7 Å². The lowest BCUT2D eigenvalue weighted by atomic mass is 9.86. The Hall–Kier alpha value is -1.06. The number of halogens is 1. The van der Waals surface area contributed by atoms with E-state index in [0.717, 1.165) is 6.42 Å². The molecule has 0 aromatic heterocycles. The Labute approximate surface area is 140 Å². The molecule has 1 amide bonds. The van der Waals surface area contributed by atoms with Gasteiger partial charge in [0.05, 0.1) is 0 Å². The molecule has 1 aromatic carbocycles. The summed E-state index contributed by atoms with van der Waals surface area (Å²) < 4.78 is 0. The molecule has 2 rings (SSSR count). The molecule has 0 radical (unpaired) electrons. The molecule has 0 bridgehead atoms. The molecule has 124 valence electrons. The van der Waals surface area contributed by atoms with Crippen LogP contribution in [0, 0.1) is 5.92 Å². The molecular weight excluding hydrogens is 296 g/mol. The second-order valence-corrected chi connectivity index (χ2v) is 7.25. The van der Waals surface area contributed by atoms with Gasteiger partial charge in [0.1, 0.15) is 0 Å². The quantitative estimate of drug-likeness (QED) is 0.844. The van der Waals surface area contributed by atoms with Crippen molar-refractivity contribution in [2.24, 2.45) is 11.7 Å². The number of carbonyl (C=O) groups excluding carboxylic acids is 1. The first-order chi connectivity index (χ1) is 9.86. The molecule has 3 N–H and O–H groups in total. The zero-order valence-electron chi connectivity index (χ0n) is 13.9. The first-order valence-corrected chi connectivity index (χ1v) is 7.98. The fraction of sp³-hybridized carbons (Fsp3) is 0.611. The van der Waals surface area contributed by atoms with Gasteiger partial charge in [-0.3, -0.25) is 4.79 Å². The molecule has 4 heteroatoms. The van der Waals surface area contributed by atoms with Crippen molar-refractivity contribution in [2.75, 3.05) is 6.54 Å². The van der Waals surface area contributed by atoms with Crippen LogP contribution in [-0.4, -0.2) is 18.5 Å². The minimum absolute atomic E-state index is 0. The molecule has 0 aliphatic heterocycles. The van der Waals surface area contributed by atoms with Crippen LogP contribution >= 0.6 is 12.4 Å². The van der Waals surface area contributed by atoms with Crippen LogP contribution < -0.4 is 11.1 Å². The topological polar surface area (TPSA) is 55.1 Å². The third-order valence-electron chi connectivity index (χ3n) is 4.22. The van der Waals surface area contributed by atoms with Gasteiger partial charge in [0.15, 0.2) is 0 Å². The van der Waals surface area contributed by atoms with E-state index in [9.17, 15) is 4.79 Å². The highest BCUT2D eigenvalue weighted by Gasteiger charge is 2.28. The van der Waals surface area contributed by atoms with Gasteiger partial charge in [-0.15, -0.1) is 12.4 Å². The van der Waals surface area contributed by atoms with Crippen LogP contribution in [0.3, 0.4) is 0 Å². The van der Waals surface area contributed by atoms with Gasteiger partial charge in [0.25, 0.3) is 0 Å². The molecule has 0 saturated heterocycles. The molecular formula is C18H29ClN2O. The van der Waals surface area contributed by atoms with Crippen LogP contribution in [0.5, 0.6) is 0 Å². The number of nitrogens with one attached hydrogen (secondary N) is 1. The van der Waals surface area contributed by atoms with Crippen molar-refractivity contribution in [1.82, 2.24) is 5.32 Å². The van der Waals surface area contributed by atoms with Crippen LogP contribution in [0.15, 0.2) is 24.3 Å². The van der Waals surface area contributed by atoms with E-state index in [-0.39, 0.29) is 29.8 Å². The summed E-state index contributed by atoms with van der Waals surface area (Å²) in [4.78, 5) is 11.8. The smallest absolute Gasteiger partial charge is 0.220 e. The number of nitrogens with two attached hydrogens (primary N) is 1. The molecule has 1 atom stereocenters. The fourth-order valence-electron chi connectivity index (χ4n) is 2.44. The first-order valence-electron chi connectivity index (χ1n) is 7.98. The van der Waals surface area contributed by atoms with Crippen molar-refractivity contribution in [2.45, 2.75) is 57.9 Å². The Morgan fingerprint density at radius 2 is 1.86 bits per heavy atom. The van der Waals surface area contributed by atoms with E-state index in [1.54, 1.807) is 0 Å². The first kappa shape index (κ1) is 19.0. The number of rotatable bonds is 6. The van der Waals surface area contributed by atoms with Crippen molar-refractivity contribution in [3.05, 3.63) is 35.4 Å². The highest BCUT2D eigenvalue weighted by atomic mass is 35.5. The lowest BCUT2D eigenvalue weighted by molar-refractivity contribution is -0.121. The minimum atomic E-state index is 0. The number of amides is 1. The summed E-state index contributed by atoms with van der Waals surface area (Å²) in [5.74, 6) is 0.737. The summed E-state index contributed by atoms with van der Waals surface area (Å²) in [7, 11) is 0. The Morgan fingerprint density at radius 1 is 1.27 bits per heavy atom. The number of carbonyl (C=O) groups is 1. The Morgan fingerprint density at radius 3 is 2.36 bits per heavy atom. The summed E-state index contributed by atoms with van der Waals surface area (Å²) in [6.45, 7) is 7.24. The third-order valence-corrected chi connectivity index (χ3v) is 4.22. The minimum Gasteiger partial charge on any atom is -0.355 e. The standard InChI is InChI=1S/C18H28N2O.ClH/c1-18(2,3)15-9-4-13(5-10-15)6-11-17(21)20-12-16(19)14-7-8-14;/h4-5,9-10,14,16H,6-8,11-12,19H2,1-3H3,(H,20,21);1H. The molecule has 0 heterocycles. The largest absolute Gasteiger partial charge is 0.355 e. The van der Waals surface area contributed by atoms with Crippen LogP contribution in [0.2, 0.25) is 0 Å². The van der Waals surface area contributed by atoms with Gasteiger partial charge in [0, 0.05) is 19.0 Å². The summed E-state index contributed by atoms with van der Waals surface area (Å²) in [5, 5.41) is 2.95. The zero-order valence-corrected chi connectivity index (χ0v) is 14.7. The molecule has 1 unspecified atom stereocenters. The maximum absolute atomic E-state index is 11.8. The van der Waals surface area contributed by atoms with E-state index in [4.69, 9.17) is 5.73 Å². The molecule has 1 aliphatic carbocycles. The summed E-state index contributed by atoms with van der Waals surface area (Å²) in [6.07, 6.45) is 3.76. The van der Waals surface area contributed by atoms with E-state index >= 15 is 0 Å². The molecule has 1 saturated carbocycles. The Balaban J connectivity index is 0.00000242. The van der Waals surface area contributed by atoms with Crippen molar-refractivity contribution < 1.29 is 4.79 Å². The van der Waals surface area contributed by atoms with E-state index < -0.39 is 0 Å². The van der Waals surface area contributed by atoms with Gasteiger partial charge in [-0.2, -0.15) is 0 Å². The summed E-state index contributed by atoms with van der Waals surface area (Å²) in [5.41, 5.74) is 8.69. The maximum atomic E-state index is 11.8. The van der Waals surface area contributed by atoms with Gasteiger partial charge in [0.2, 0.25) is 5.91 Å². The Bertz CT molecular complexity index is 475. The second kappa shape index (κ2) is 7.98. The average Bonchev–Trinajstić information content (AvgIpc) is 3.26. The lowest BCUT2D eigenvalue weighted by Gasteiger charge is -2.19. The van der Waals surface area contributed by atoms with E-state index in [1.807, 2.05) is 0 Å². The number of benzene rings is 1. The van der Waals surface area contributed by atoms with Crippen LogP contribution in [0.4, 0.5) is 0 Å². The van der Waals surface area contributed by atoms with Gasteiger partial charge in [-0.1, -0.05) is 45.0 Å². The normalized spacial score (nSPS) is 15.8. The SMILES string of the molecule is CC(C)(C)c1ccc(CCC(=O)NCC(N)C2CC2)cc1.Cl. The fourth-order valence-corrected chi connectivity index (χ4v) is 2.44. The predicted octanol–water partition coefficient (Wildman–Crippen LogP) is 3.19. The third kappa shape index (κ3) is 5.98. The molecule has 22 heavy (non-hydrogen) atoms. The molecule has 1 fully saturated rings. The van der Waals surface area contributed by atoms with Crippen molar-refractivity contribution in [1.29, 1.82) is 0 Å². The molecule has 1 aromatic rings. The monoisotopic (exact) mass is 324 g/mol. The molecule has 3 nitrogen and oxygen atoms in total. The van der Waals surface area contributed by atoms with Crippen molar-refractivity contribution in [3.63, 3.8) is 0 Å². The number of hydrogen-bond acceptors (Lipinski definition) is 2. The van der Waals surface area contributed by atoms with E-state index in [2.05, 4.69) is 50.4 Å². The number of hydrogen-bond donors (Lipinski definition) is 2. The zero-order chi connectivity index (χ0) is 15.5. The molecule has 1 aliphatic rings. The van der Waals surface area contributed by atoms with Crippen molar-refractivity contribution in [3.8, 4) is 0 Å². The summed E-state index contributed by atoms with van der Waals surface area (Å²) >= 11 is 0. The number of aryl methyl sites for hydroxylation is 1. The summed E-state index contributed by atoms with van der Waals surface area (Å²) in [6, 6.07) is 8.72. The van der Waals surface area contributed by atoms with Gasteiger partial charge in [-0.25, -0.2) is 0 Å². The highest BCUT2D eigenvalue weighted by molar-refractivity contribution is 5.85. The molecule has 0 spiro atoms. The highest BCUT2D eigenvalue weighted by Crippen LogP contribution is 2.31. The second-order valence-electron chi connectivity index (χ2n) is 7.25. The van der Waals surface area contributed by atoms with Crippen molar-refractivity contribution >= 4 is 18.3 Å². The van der Waals surface area contributed by atoms with Crippen LogP contribution in [-0.2, 0) is 16.6 Å². The Kier molecular flexibility index (Phi) is 6.89. The lowest BCUT2D eigenvalue weighted by Crippen LogP contribution is -2.38. The van der Waals surface area contributed by atoms with Gasteiger partial charge >= 0.3 is 0 Å². The average molecular weight is 325 g/mol. The van der Waals surface area contributed by atoms with Crippen LogP contribution in [0.1, 0.15) is 51.2 Å². The maximum Gasteiger partial charge on any atom is 0.220 e. The van der Waals surface area contributed by atoms with E-state index in [1.165, 1.54) is 24.0 Å². The van der Waals surface area contributed by atoms with Gasteiger partial charge < -0.3 is 11.1 Å². The van der Waals surface area contributed by atoms with Crippen LogP contribution in [0.25, 0.3) is 0 Å². The predicted molar refractivity (Wildman–Crippen MR) is 94.4 cm³/mol.